The van der Waals surface area contributed by atoms with Crippen LogP contribution in [-0.4, -0.2) is 36.2 Å². The average Bonchev–Trinajstić information content (AvgIpc) is 2.43. The molecule has 0 bridgehead atoms. The fraction of sp³-hybridized carbons (Fsp3) is 0.611. The van der Waals surface area contributed by atoms with Gasteiger partial charge in [-0.2, -0.15) is 0 Å². The van der Waals surface area contributed by atoms with Crippen molar-refractivity contribution in [2.75, 3.05) is 13.2 Å². The SMILES string of the molecule is CC(C)CN(Cc1cc(Br)ccc1OCC(F)F)C(=O)OC(C)(C)C. The van der Waals surface area contributed by atoms with Crippen molar-refractivity contribution >= 4 is 22.0 Å². The number of nitrogens with zero attached hydrogens (tertiary/aromatic N) is 1. The van der Waals surface area contributed by atoms with Crippen LogP contribution in [0.4, 0.5) is 13.6 Å². The van der Waals surface area contributed by atoms with Crippen LogP contribution >= 0.6 is 15.9 Å². The maximum Gasteiger partial charge on any atom is 0.410 e. The zero-order valence-electron chi connectivity index (χ0n) is 15.3. The molecule has 0 fully saturated rings. The standard InChI is InChI=1S/C18H26BrF2NO3/c1-12(2)9-22(17(23)25-18(3,4)5)10-13-8-14(19)6-7-15(13)24-11-16(20)21/h6-8,12,16H,9-11H2,1-5H3. The Morgan fingerprint density at radius 1 is 1.28 bits per heavy atom. The van der Waals surface area contributed by atoms with Crippen LogP contribution in [0.3, 0.4) is 0 Å². The summed E-state index contributed by atoms with van der Waals surface area (Å²) in [4.78, 5) is 14.1. The largest absolute Gasteiger partial charge is 0.487 e. The van der Waals surface area contributed by atoms with Gasteiger partial charge in [-0.1, -0.05) is 29.8 Å². The first-order valence-corrected chi connectivity index (χ1v) is 8.94. The van der Waals surface area contributed by atoms with Crippen molar-refractivity contribution in [2.45, 2.75) is 53.2 Å². The Morgan fingerprint density at radius 2 is 1.92 bits per heavy atom. The molecule has 1 rings (SSSR count). The van der Waals surface area contributed by atoms with E-state index in [1.54, 1.807) is 43.9 Å². The highest BCUT2D eigenvalue weighted by Gasteiger charge is 2.24. The summed E-state index contributed by atoms with van der Waals surface area (Å²) in [6.45, 7) is 9.39. The Hall–Kier alpha value is -1.37. The van der Waals surface area contributed by atoms with Crippen molar-refractivity contribution < 1.29 is 23.0 Å². The zero-order chi connectivity index (χ0) is 19.2. The summed E-state index contributed by atoms with van der Waals surface area (Å²) >= 11 is 3.36. The van der Waals surface area contributed by atoms with E-state index in [0.29, 0.717) is 17.9 Å². The molecule has 0 unspecified atom stereocenters. The van der Waals surface area contributed by atoms with E-state index >= 15 is 0 Å². The van der Waals surface area contributed by atoms with Gasteiger partial charge in [0.05, 0.1) is 6.54 Å². The second kappa shape index (κ2) is 9.36. The predicted molar refractivity (Wildman–Crippen MR) is 97.1 cm³/mol. The molecule has 0 N–H and O–H groups in total. The zero-order valence-corrected chi connectivity index (χ0v) is 16.9. The third-order valence-corrected chi connectivity index (χ3v) is 3.48. The van der Waals surface area contributed by atoms with Crippen LogP contribution in [0, 0.1) is 5.92 Å². The number of hydrogen-bond donors (Lipinski definition) is 0. The van der Waals surface area contributed by atoms with E-state index < -0.39 is 24.7 Å². The van der Waals surface area contributed by atoms with Gasteiger partial charge in [-0.05, 0) is 44.9 Å². The number of ether oxygens (including phenoxy) is 2. The first kappa shape index (κ1) is 21.7. The van der Waals surface area contributed by atoms with Gasteiger partial charge in [0.15, 0.2) is 0 Å². The minimum atomic E-state index is -2.56. The Morgan fingerprint density at radius 3 is 2.44 bits per heavy atom. The van der Waals surface area contributed by atoms with Gasteiger partial charge in [0.25, 0.3) is 6.43 Å². The van der Waals surface area contributed by atoms with Crippen LogP contribution in [0.15, 0.2) is 22.7 Å². The molecule has 1 aromatic rings. The van der Waals surface area contributed by atoms with Crippen molar-refractivity contribution in [3.05, 3.63) is 28.2 Å². The molecule has 25 heavy (non-hydrogen) atoms. The van der Waals surface area contributed by atoms with Crippen LogP contribution in [0.25, 0.3) is 0 Å². The molecule has 1 aromatic carbocycles. The number of carbonyl (C=O) groups excluding carboxylic acids is 1. The van der Waals surface area contributed by atoms with Crippen LogP contribution in [0.5, 0.6) is 5.75 Å². The number of halogens is 3. The smallest absolute Gasteiger partial charge is 0.410 e. The Labute approximate surface area is 156 Å². The van der Waals surface area contributed by atoms with Crippen molar-refractivity contribution in [1.29, 1.82) is 0 Å². The summed E-state index contributed by atoms with van der Waals surface area (Å²) in [5, 5.41) is 0. The van der Waals surface area contributed by atoms with E-state index in [1.807, 2.05) is 13.8 Å². The lowest BCUT2D eigenvalue weighted by molar-refractivity contribution is 0.0207. The summed E-state index contributed by atoms with van der Waals surface area (Å²) in [6.07, 6.45) is -3.00. The van der Waals surface area contributed by atoms with Gasteiger partial charge in [-0.3, -0.25) is 0 Å². The second-order valence-corrected chi connectivity index (χ2v) is 8.12. The summed E-state index contributed by atoms with van der Waals surface area (Å²) in [7, 11) is 0. The number of carbonyl (C=O) groups is 1. The summed E-state index contributed by atoms with van der Waals surface area (Å²) in [6, 6.07) is 5.09. The van der Waals surface area contributed by atoms with Gasteiger partial charge in [0.2, 0.25) is 0 Å². The van der Waals surface area contributed by atoms with Gasteiger partial charge in [0, 0.05) is 16.6 Å². The van der Waals surface area contributed by atoms with Crippen molar-refractivity contribution in [1.82, 2.24) is 4.90 Å². The van der Waals surface area contributed by atoms with E-state index in [1.165, 1.54) is 0 Å². The number of amides is 1. The normalized spacial score (nSPS) is 11.8. The summed E-state index contributed by atoms with van der Waals surface area (Å²) in [5.74, 6) is 0.561. The van der Waals surface area contributed by atoms with Gasteiger partial charge in [0.1, 0.15) is 18.0 Å². The molecular formula is C18H26BrF2NO3. The Bertz CT molecular complexity index is 574. The molecule has 4 nitrogen and oxygen atoms in total. The summed E-state index contributed by atoms with van der Waals surface area (Å²) in [5.41, 5.74) is 0.0278. The summed E-state index contributed by atoms with van der Waals surface area (Å²) < 4.78 is 36.3. The molecule has 0 atom stereocenters. The maximum absolute atomic E-state index is 12.5. The van der Waals surface area contributed by atoms with Crippen LogP contribution < -0.4 is 4.74 Å². The molecule has 0 aromatic heterocycles. The van der Waals surface area contributed by atoms with Gasteiger partial charge >= 0.3 is 6.09 Å². The van der Waals surface area contributed by atoms with Gasteiger partial charge < -0.3 is 14.4 Å². The molecule has 0 saturated heterocycles. The fourth-order valence-corrected chi connectivity index (χ4v) is 2.55. The van der Waals surface area contributed by atoms with Crippen molar-refractivity contribution in [3.8, 4) is 5.75 Å². The quantitative estimate of drug-likeness (QED) is 0.584. The molecule has 0 saturated carbocycles. The fourth-order valence-electron chi connectivity index (χ4n) is 2.14. The van der Waals surface area contributed by atoms with E-state index in [9.17, 15) is 13.6 Å². The van der Waals surface area contributed by atoms with Crippen LogP contribution in [0.1, 0.15) is 40.2 Å². The highest BCUT2D eigenvalue weighted by Crippen LogP contribution is 2.26. The van der Waals surface area contributed by atoms with Gasteiger partial charge in [-0.25, -0.2) is 13.6 Å². The highest BCUT2D eigenvalue weighted by molar-refractivity contribution is 9.10. The third kappa shape index (κ3) is 8.52. The number of benzene rings is 1. The number of hydrogen-bond acceptors (Lipinski definition) is 3. The molecule has 0 heterocycles. The number of rotatable bonds is 7. The molecule has 7 heteroatoms. The lowest BCUT2D eigenvalue weighted by Crippen LogP contribution is -2.38. The van der Waals surface area contributed by atoms with E-state index in [2.05, 4.69) is 15.9 Å². The van der Waals surface area contributed by atoms with Gasteiger partial charge in [-0.15, -0.1) is 0 Å². The topological polar surface area (TPSA) is 38.8 Å². The first-order valence-electron chi connectivity index (χ1n) is 8.15. The Kier molecular flexibility index (Phi) is 8.12. The highest BCUT2D eigenvalue weighted by atomic mass is 79.9. The molecule has 0 spiro atoms. The molecule has 0 aliphatic carbocycles. The lowest BCUT2D eigenvalue weighted by Gasteiger charge is -2.29. The molecule has 0 aliphatic rings. The minimum absolute atomic E-state index is 0.213. The maximum atomic E-state index is 12.5. The van der Waals surface area contributed by atoms with Crippen LogP contribution in [0.2, 0.25) is 0 Å². The number of alkyl halides is 2. The third-order valence-electron chi connectivity index (χ3n) is 2.99. The van der Waals surface area contributed by atoms with E-state index in [4.69, 9.17) is 9.47 Å². The molecule has 1 amide bonds. The monoisotopic (exact) mass is 421 g/mol. The van der Waals surface area contributed by atoms with Crippen LogP contribution in [-0.2, 0) is 11.3 Å². The van der Waals surface area contributed by atoms with E-state index in [0.717, 1.165) is 4.47 Å². The Balaban J connectivity index is 3.02. The minimum Gasteiger partial charge on any atom is -0.487 e. The average molecular weight is 422 g/mol. The van der Waals surface area contributed by atoms with Crippen molar-refractivity contribution in [3.63, 3.8) is 0 Å². The van der Waals surface area contributed by atoms with Crippen molar-refractivity contribution in [2.24, 2.45) is 5.92 Å². The molecule has 0 radical (unpaired) electrons. The first-order chi connectivity index (χ1) is 11.5. The van der Waals surface area contributed by atoms with E-state index in [-0.39, 0.29) is 12.5 Å². The molecule has 142 valence electrons. The molecule has 0 aliphatic heterocycles. The lowest BCUT2D eigenvalue weighted by atomic mass is 10.1. The predicted octanol–water partition coefficient (Wildman–Crippen LogP) is 5.49. The molecular weight excluding hydrogens is 396 g/mol. The second-order valence-electron chi connectivity index (χ2n) is 7.21.